The lowest BCUT2D eigenvalue weighted by Gasteiger charge is -2.48. The van der Waals surface area contributed by atoms with E-state index in [4.69, 9.17) is 4.74 Å². The Hall–Kier alpha value is -2.32. The van der Waals surface area contributed by atoms with Crippen LogP contribution in [0.2, 0.25) is 0 Å². The molecule has 0 saturated carbocycles. The summed E-state index contributed by atoms with van der Waals surface area (Å²) in [4.78, 5) is 17.2. The largest absolute Gasteiger partial charge is 0.380 e. The van der Waals surface area contributed by atoms with Crippen LogP contribution < -0.4 is 10.5 Å². The Kier molecular flexibility index (Phi) is 2.95. The molecule has 1 N–H and O–H groups in total. The smallest absolute Gasteiger partial charge is 0.268 e. The second-order valence-corrected chi connectivity index (χ2v) is 6.31. The molecule has 112 valence electrons. The van der Waals surface area contributed by atoms with Gasteiger partial charge in [-0.2, -0.15) is 5.26 Å². The number of anilines is 1. The van der Waals surface area contributed by atoms with Crippen molar-refractivity contribution >= 4 is 16.6 Å². The fourth-order valence-electron chi connectivity index (χ4n) is 3.54. The number of piperidine rings is 1. The summed E-state index contributed by atoms with van der Waals surface area (Å²) in [5, 5.41) is 10.4. The van der Waals surface area contributed by atoms with Crippen molar-refractivity contribution < 1.29 is 4.74 Å². The molecule has 0 radical (unpaired) electrons. The number of para-hydroxylation sites is 1. The van der Waals surface area contributed by atoms with E-state index in [0.29, 0.717) is 5.41 Å². The second kappa shape index (κ2) is 4.85. The third-order valence-electron chi connectivity index (χ3n) is 4.96. The third-order valence-corrected chi connectivity index (χ3v) is 4.96. The summed E-state index contributed by atoms with van der Waals surface area (Å²) < 4.78 is 5.36. The fourth-order valence-corrected chi connectivity index (χ4v) is 3.54. The molecule has 0 bridgehead atoms. The Balaban J connectivity index is 1.80. The Morgan fingerprint density at radius 1 is 1.23 bits per heavy atom. The number of pyridine rings is 1. The van der Waals surface area contributed by atoms with E-state index in [0.717, 1.165) is 55.7 Å². The van der Waals surface area contributed by atoms with Crippen molar-refractivity contribution in [2.24, 2.45) is 5.41 Å². The summed E-state index contributed by atoms with van der Waals surface area (Å²) in [5.41, 5.74) is 1.83. The quantitative estimate of drug-likeness (QED) is 0.874. The van der Waals surface area contributed by atoms with Gasteiger partial charge in [-0.05, 0) is 18.9 Å². The highest BCUT2D eigenvalue weighted by atomic mass is 16.5. The number of nitriles is 1. The van der Waals surface area contributed by atoms with Gasteiger partial charge in [0.1, 0.15) is 11.6 Å². The first kappa shape index (κ1) is 13.4. The number of aromatic nitrogens is 1. The summed E-state index contributed by atoms with van der Waals surface area (Å²) in [5.74, 6) is 0. The first-order valence-corrected chi connectivity index (χ1v) is 7.60. The fraction of sp³-hybridized carbons (Fsp3) is 0.412. The van der Waals surface area contributed by atoms with E-state index in [1.54, 1.807) is 0 Å². The Morgan fingerprint density at radius 2 is 1.95 bits per heavy atom. The minimum Gasteiger partial charge on any atom is -0.380 e. The Bertz CT molecular complexity index is 820. The predicted molar refractivity (Wildman–Crippen MR) is 84.0 cm³/mol. The molecule has 4 rings (SSSR count). The van der Waals surface area contributed by atoms with Gasteiger partial charge in [0.05, 0.1) is 24.4 Å². The lowest BCUT2D eigenvalue weighted by Crippen LogP contribution is -2.51. The minimum absolute atomic E-state index is 0.222. The van der Waals surface area contributed by atoms with Gasteiger partial charge < -0.3 is 14.6 Å². The van der Waals surface area contributed by atoms with E-state index in [9.17, 15) is 10.1 Å². The van der Waals surface area contributed by atoms with Crippen LogP contribution in [0.3, 0.4) is 0 Å². The van der Waals surface area contributed by atoms with Crippen molar-refractivity contribution in [3.05, 3.63) is 40.2 Å². The number of benzene rings is 1. The molecular formula is C17H17N3O2. The van der Waals surface area contributed by atoms with Crippen LogP contribution in [-0.4, -0.2) is 31.3 Å². The Morgan fingerprint density at radius 3 is 2.59 bits per heavy atom. The van der Waals surface area contributed by atoms with Crippen LogP contribution in [-0.2, 0) is 4.74 Å². The van der Waals surface area contributed by atoms with E-state index in [1.165, 1.54) is 0 Å². The van der Waals surface area contributed by atoms with Crippen LogP contribution in [0.25, 0.3) is 10.9 Å². The monoisotopic (exact) mass is 295 g/mol. The van der Waals surface area contributed by atoms with Gasteiger partial charge in [0.15, 0.2) is 0 Å². The van der Waals surface area contributed by atoms with Gasteiger partial charge >= 0.3 is 0 Å². The zero-order valence-electron chi connectivity index (χ0n) is 12.3. The normalized spacial score (nSPS) is 19.9. The van der Waals surface area contributed by atoms with Gasteiger partial charge in [0.2, 0.25) is 0 Å². The number of hydrogen-bond donors (Lipinski definition) is 1. The Labute approximate surface area is 128 Å². The summed E-state index contributed by atoms with van der Waals surface area (Å²) in [6, 6.07) is 9.78. The molecule has 5 nitrogen and oxygen atoms in total. The van der Waals surface area contributed by atoms with Gasteiger partial charge in [-0.25, -0.2) is 0 Å². The van der Waals surface area contributed by atoms with Gasteiger partial charge in [0.25, 0.3) is 5.56 Å². The van der Waals surface area contributed by atoms with Gasteiger partial charge in [-0.15, -0.1) is 0 Å². The number of H-pyrrole nitrogens is 1. The third kappa shape index (κ3) is 1.92. The van der Waals surface area contributed by atoms with Crippen LogP contribution >= 0.6 is 0 Å². The molecule has 2 aliphatic heterocycles. The molecule has 0 aliphatic carbocycles. The van der Waals surface area contributed by atoms with E-state index in [1.807, 2.05) is 24.3 Å². The van der Waals surface area contributed by atoms with E-state index in [-0.39, 0.29) is 11.1 Å². The predicted octanol–water partition coefficient (Wildman–Crippen LogP) is 2.02. The van der Waals surface area contributed by atoms with Crippen LogP contribution in [0.1, 0.15) is 18.4 Å². The number of fused-ring (bicyclic) bond motifs is 1. The summed E-state index contributed by atoms with van der Waals surface area (Å²) >= 11 is 0. The molecule has 2 saturated heterocycles. The number of aromatic amines is 1. The lowest BCUT2D eigenvalue weighted by molar-refractivity contribution is -0.124. The van der Waals surface area contributed by atoms with Gasteiger partial charge in [-0.1, -0.05) is 18.2 Å². The first-order valence-electron chi connectivity index (χ1n) is 7.60. The average Bonchev–Trinajstić information content (AvgIpc) is 2.52. The highest BCUT2D eigenvalue weighted by Crippen LogP contribution is 2.40. The van der Waals surface area contributed by atoms with Crippen molar-refractivity contribution in [2.75, 3.05) is 31.2 Å². The average molecular weight is 295 g/mol. The molecule has 1 aromatic heterocycles. The molecule has 3 heterocycles. The van der Waals surface area contributed by atoms with Crippen LogP contribution in [0, 0.1) is 16.7 Å². The maximum absolute atomic E-state index is 12.2. The van der Waals surface area contributed by atoms with E-state index < -0.39 is 0 Å². The molecular weight excluding hydrogens is 278 g/mol. The zero-order valence-corrected chi connectivity index (χ0v) is 12.3. The summed E-state index contributed by atoms with van der Waals surface area (Å²) in [6.45, 7) is 3.43. The molecule has 0 unspecified atom stereocenters. The molecule has 0 amide bonds. The highest BCUT2D eigenvalue weighted by Gasteiger charge is 2.41. The summed E-state index contributed by atoms with van der Waals surface area (Å²) in [6.07, 6.45) is 2.11. The van der Waals surface area contributed by atoms with Gasteiger partial charge in [-0.3, -0.25) is 4.79 Å². The highest BCUT2D eigenvalue weighted by molar-refractivity contribution is 5.94. The van der Waals surface area contributed by atoms with Gasteiger partial charge in [0, 0.05) is 23.9 Å². The topological polar surface area (TPSA) is 69.1 Å². The number of rotatable bonds is 1. The maximum atomic E-state index is 12.2. The maximum Gasteiger partial charge on any atom is 0.268 e. The summed E-state index contributed by atoms with van der Waals surface area (Å²) in [7, 11) is 0. The molecule has 1 spiro atoms. The molecule has 22 heavy (non-hydrogen) atoms. The molecule has 2 aliphatic rings. The lowest BCUT2D eigenvalue weighted by atomic mass is 9.76. The van der Waals surface area contributed by atoms with Crippen LogP contribution in [0.4, 0.5) is 5.69 Å². The van der Waals surface area contributed by atoms with E-state index >= 15 is 0 Å². The number of ether oxygens (including phenoxy) is 1. The zero-order chi connectivity index (χ0) is 15.2. The van der Waals surface area contributed by atoms with Crippen molar-refractivity contribution in [2.45, 2.75) is 12.8 Å². The van der Waals surface area contributed by atoms with Crippen molar-refractivity contribution in [1.29, 1.82) is 5.26 Å². The second-order valence-electron chi connectivity index (χ2n) is 6.31. The van der Waals surface area contributed by atoms with E-state index in [2.05, 4.69) is 16.0 Å². The number of nitrogens with one attached hydrogen (secondary N) is 1. The molecule has 2 fully saturated rings. The first-order chi connectivity index (χ1) is 10.7. The molecule has 0 atom stereocenters. The number of nitrogens with zero attached hydrogens (tertiary/aromatic N) is 2. The van der Waals surface area contributed by atoms with Crippen LogP contribution in [0.5, 0.6) is 0 Å². The van der Waals surface area contributed by atoms with Crippen molar-refractivity contribution in [3.8, 4) is 6.07 Å². The number of hydrogen-bond acceptors (Lipinski definition) is 4. The van der Waals surface area contributed by atoms with Crippen molar-refractivity contribution in [1.82, 2.24) is 4.98 Å². The minimum atomic E-state index is -0.302. The molecule has 2 aromatic rings. The molecule has 1 aromatic carbocycles. The van der Waals surface area contributed by atoms with Crippen LogP contribution in [0.15, 0.2) is 29.1 Å². The standard InChI is InChI=1S/C17H17N3O2/c18-9-13-15(12-3-1-2-4-14(12)19-16(13)21)20-7-5-17(6-8-20)10-22-11-17/h1-4H,5-8,10-11H2,(H,19,21). The van der Waals surface area contributed by atoms with Crippen molar-refractivity contribution in [3.63, 3.8) is 0 Å². The SMILES string of the molecule is N#Cc1c(N2CCC3(CC2)COC3)c2ccccc2[nH]c1=O. The molecule has 5 heteroatoms.